The summed E-state index contributed by atoms with van der Waals surface area (Å²) in [6.07, 6.45) is 1.09. The van der Waals surface area contributed by atoms with Crippen molar-refractivity contribution in [3.63, 3.8) is 0 Å². The number of amides is 1. The molecule has 0 bridgehead atoms. The molecule has 0 aliphatic heterocycles. The van der Waals surface area contributed by atoms with E-state index in [1.54, 1.807) is 18.5 Å². The number of hydrogen-bond acceptors (Lipinski definition) is 3. The van der Waals surface area contributed by atoms with E-state index in [1.165, 1.54) is 12.1 Å². The first-order valence-electron chi connectivity index (χ1n) is 9.72. The van der Waals surface area contributed by atoms with Gasteiger partial charge in [-0.1, -0.05) is 24.3 Å². The number of carbonyl (C=O) groups is 1. The highest BCUT2D eigenvalue weighted by Gasteiger charge is 2.09. The number of benzene rings is 2. The molecule has 2 aromatic carbocycles. The third kappa shape index (κ3) is 3.62. The number of nitrogens with zero attached hydrogens (tertiary/aromatic N) is 3. The van der Waals surface area contributed by atoms with Crippen LogP contribution in [-0.4, -0.2) is 20.4 Å². The van der Waals surface area contributed by atoms with E-state index >= 15 is 0 Å². The van der Waals surface area contributed by atoms with Crippen LogP contribution in [-0.2, 0) is 18.2 Å². The number of pyridine rings is 1. The minimum Gasteiger partial charge on any atom is -0.331 e. The lowest BCUT2D eigenvalue weighted by atomic mass is 10.1. The normalized spacial score (nSPS) is 12.5. The van der Waals surface area contributed by atoms with Gasteiger partial charge in [0.1, 0.15) is 17.5 Å². The molecule has 0 aliphatic rings. The monoisotopic (exact) mass is 376 g/mol. The number of aryl methyl sites for hydroxylation is 1. The molecule has 2 heterocycles. The highest BCUT2D eigenvalue weighted by atomic mass is 19.1. The molecular weight excluding hydrogens is 355 g/mol. The fraction of sp³-hybridized carbons (Fsp3) is 0.136. The van der Waals surface area contributed by atoms with Crippen molar-refractivity contribution < 1.29 is 11.9 Å². The minimum atomic E-state index is -2.33. The van der Waals surface area contributed by atoms with Crippen molar-refractivity contribution in [2.75, 3.05) is 5.32 Å². The van der Waals surface area contributed by atoms with Crippen LogP contribution in [0.5, 0.6) is 0 Å². The Balaban J connectivity index is 1.63. The maximum absolute atomic E-state index is 13.1. The van der Waals surface area contributed by atoms with E-state index in [1.807, 2.05) is 36.7 Å². The molecule has 0 radical (unpaired) electrons. The third-order valence-corrected chi connectivity index (χ3v) is 4.58. The Kier molecular flexibility index (Phi) is 4.00. The zero-order chi connectivity index (χ0) is 21.5. The number of hydrogen-bond donors (Lipinski definition) is 1. The molecule has 0 fully saturated rings. The first-order valence-corrected chi connectivity index (χ1v) is 8.72. The molecule has 140 valence electrons. The van der Waals surface area contributed by atoms with Gasteiger partial charge in [0.15, 0.2) is 0 Å². The van der Waals surface area contributed by atoms with E-state index in [-0.39, 0.29) is 11.4 Å². The number of rotatable bonds is 4. The van der Waals surface area contributed by atoms with E-state index < -0.39 is 18.1 Å². The summed E-state index contributed by atoms with van der Waals surface area (Å²) in [6.45, 7) is 1.93. The van der Waals surface area contributed by atoms with Gasteiger partial charge in [0.05, 0.1) is 18.3 Å². The lowest BCUT2D eigenvalue weighted by Crippen LogP contribution is -2.15. The summed E-state index contributed by atoms with van der Waals surface area (Å²) in [5, 5.41) is 4.26. The predicted octanol–water partition coefficient (Wildman–Crippen LogP) is 4.26. The third-order valence-electron chi connectivity index (χ3n) is 4.58. The summed E-state index contributed by atoms with van der Waals surface area (Å²) >= 11 is 0. The highest BCUT2D eigenvalue weighted by Crippen LogP contribution is 2.25. The maximum atomic E-state index is 13.1. The van der Waals surface area contributed by atoms with Crippen LogP contribution in [0, 0.1) is 12.7 Å². The second kappa shape index (κ2) is 7.23. The van der Waals surface area contributed by atoms with Gasteiger partial charge >= 0.3 is 0 Å². The van der Waals surface area contributed by atoms with Crippen LogP contribution >= 0.6 is 0 Å². The number of aromatic nitrogens is 3. The quantitative estimate of drug-likeness (QED) is 0.579. The van der Waals surface area contributed by atoms with Crippen LogP contribution in [0.1, 0.15) is 14.1 Å². The molecule has 28 heavy (non-hydrogen) atoms. The van der Waals surface area contributed by atoms with E-state index in [0.717, 1.165) is 40.0 Å². The van der Waals surface area contributed by atoms with E-state index in [2.05, 4.69) is 15.3 Å². The second-order valence-corrected chi connectivity index (χ2v) is 6.47. The van der Waals surface area contributed by atoms with E-state index in [0.29, 0.717) is 0 Å². The molecule has 0 spiro atoms. The first kappa shape index (κ1) is 15.5. The van der Waals surface area contributed by atoms with Gasteiger partial charge < -0.3 is 9.88 Å². The van der Waals surface area contributed by atoms with Crippen molar-refractivity contribution >= 4 is 22.5 Å². The number of imidazole rings is 1. The smallest absolute Gasteiger partial charge is 0.229 e. The number of fused-ring (bicyclic) bond motifs is 1. The van der Waals surface area contributed by atoms with Crippen molar-refractivity contribution in [3.05, 3.63) is 78.1 Å². The van der Waals surface area contributed by atoms with Crippen LogP contribution in [0.25, 0.3) is 22.0 Å². The van der Waals surface area contributed by atoms with Gasteiger partial charge in [-0.3, -0.25) is 4.79 Å². The number of anilines is 1. The van der Waals surface area contributed by atoms with Crippen LogP contribution in [0.3, 0.4) is 0 Å². The molecular formula is C22H19FN4O. The summed E-state index contributed by atoms with van der Waals surface area (Å²) < 4.78 is 31.3. The van der Waals surface area contributed by atoms with Crippen molar-refractivity contribution in [1.29, 1.82) is 0 Å². The van der Waals surface area contributed by atoms with Gasteiger partial charge in [0.25, 0.3) is 0 Å². The van der Waals surface area contributed by atoms with Crippen LogP contribution in [0.4, 0.5) is 10.2 Å². The summed E-state index contributed by atoms with van der Waals surface area (Å²) in [4.78, 5) is 21.1. The summed E-state index contributed by atoms with van der Waals surface area (Å²) in [5.74, 6) is -0.238. The van der Waals surface area contributed by atoms with E-state index in [4.69, 9.17) is 2.74 Å². The molecule has 4 rings (SSSR count). The second-order valence-electron chi connectivity index (χ2n) is 6.47. The minimum absolute atomic E-state index is 0.0658. The molecule has 4 aromatic rings. The largest absolute Gasteiger partial charge is 0.331 e. The number of nitrogens with one attached hydrogen (secondary N) is 1. The van der Waals surface area contributed by atoms with Gasteiger partial charge in [0, 0.05) is 26.9 Å². The topological polar surface area (TPSA) is 59.8 Å². The van der Waals surface area contributed by atoms with Gasteiger partial charge in [-0.15, -0.1) is 0 Å². The van der Waals surface area contributed by atoms with Crippen molar-refractivity contribution in [3.8, 4) is 11.3 Å². The van der Waals surface area contributed by atoms with Gasteiger partial charge in [-0.2, -0.15) is 0 Å². The Morgan fingerprint density at radius 1 is 1.11 bits per heavy atom. The zero-order valence-corrected chi connectivity index (χ0v) is 15.4. The summed E-state index contributed by atoms with van der Waals surface area (Å²) in [5.41, 5.74) is 2.00. The number of carbonyl (C=O) groups excluding carboxylic acids is 1. The molecule has 0 aliphatic carbocycles. The lowest BCUT2D eigenvalue weighted by Gasteiger charge is -2.08. The fourth-order valence-electron chi connectivity index (χ4n) is 2.95. The zero-order valence-electron chi connectivity index (χ0n) is 17.4. The Bertz CT molecular complexity index is 1250. The molecule has 1 N–H and O–H groups in total. The van der Waals surface area contributed by atoms with Gasteiger partial charge in [0.2, 0.25) is 5.91 Å². The molecule has 5 nitrogen and oxygen atoms in total. The molecule has 1 amide bonds. The molecule has 0 saturated heterocycles. The fourth-order valence-corrected chi connectivity index (χ4v) is 2.95. The lowest BCUT2D eigenvalue weighted by molar-refractivity contribution is -0.115. The average molecular weight is 376 g/mol. The highest BCUT2D eigenvalue weighted by molar-refractivity contribution is 5.94. The maximum Gasteiger partial charge on any atom is 0.229 e. The molecule has 0 unspecified atom stereocenters. The van der Waals surface area contributed by atoms with Crippen molar-refractivity contribution in [2.24, 2.45) is 7.05 Å². The van der Waals surface area contributed by atoms with Gasteiger partial charge in [-0.25, -0.2) is 14.4 Å². The van der Waals surface area contributed by atoms with Crippen molar-refractivity contribution in [2.45, 2.75) is 13.3 Å². The Labute approximate surface area is 164 Å². The Morgan fingerprint density at radius 2 is 1.89 bits per heavy atom. The average Bonchev–Trinajstić information content (AvgIpc) is 3.06. The SMILES string of the molecule is [2H]C([2H])(C(=O)Nc1cc2cc(-c3cnc(C)n3C)ccc2cn1)c1ccc(F)cc1. The summed E-state index contributed by atoms with van der Waals surface area (Å²) in [6, 6.07) is 12.3. The standard InChI is InChI=1S/C22H19FN4O/c1-14-24-13-20(27(14)2)16-5-6-17-12-25-21(11-18(17)10-16)26-22(28)9-15-3-7-19(23)8-4-15/h3-8,10-13H,9H2,1-2H3,(H,25,26,28)/i9D2. The summed E-state index contributed by atoms with van der Waals surface area (Å²) in [7, 11) is 1.94. The van der Waals surface area contributed by atoms with E-state index in [9.17, 15) is 9.18 Å². The molecule has 0 saturated carbocycles. The number of halogens is 1. The Morgan fingerprint density at radius 3 is 2.61 bits per heavy atom. The van der Waals surface area contributed by atoms with Crippen LogP contribution in [0.15, 0.2) is 60.9 Å². The van der Waals surface area contributed by atoms with Crippen LogP contribution < -0.4 is 5.32 Å². The first-order chi connectivity index (χ1) is 14.3. The molecule has 2 aromatic heterocycles. The predicted molar refractivity (Wildman–Crippen MR) is 107 cm³/mol. The molecule has 6 heteroatoms. The van der Waals surface area contributed by atoms with Gasteiger partial charge in [-0.05, 0) is 42.1 Å². The van der Waals surface area contributed by atoms with Crippen molar-refractivity contribution in [1.82, 2.24) is 14.5 Å². The Hall–Kier alpha value is -3.54. The van der Waals surface area contributed by atoms with Crippen LogP contribution in [0.2, 0.25) is 0 Å². The molecule has 0 atom stereocenters.